The fraction of sp³-hybridized carbons (Fsp3) is 0.240. The standard InChI is InChI=1S/C25H23F3O3/c1-24(2,15-23(29)30)20-10-12-22(13-11-20)31-16-17-4-3-5-19(14-17)18-6-8-21(9-7-18)25(26,27)28/h3-14H,15-16H2,1-2H3,(H,29,30). The SMILES string of the molecule is CC(C)(CC(=O)O)c1ccc(OCc2cccc(-c3ccc(C(F)(F)F)cc3)c2)cc1. The monoisotopic (exact) mass is 428 g/mol. The summed E-state index contributed by atoms with van der Waals surface area (Å²) in [6.45, 7) is 4.06. The largest absolute Gasteiger partial charge is 0.489 e. The maximum Gasteiger partial charge on any atom is 0.416 e. The lowest BCUT2D eigenvalue weighted by atomic mass is 9.82. The molecule has 0 bridgehead atoms. The Kier molecular flexibility index (Phi) is 6.39. The Hall–Kier alpha value is -3.28. The first-order valence-electron chi connectivity index (χ1n) is 9.76. The molecular formula is C25H23F3O3. The molecule has 6 heteroatoms. The summed E-state index contributed by atoms with van der Waals surface area (Å²) in [7, 11) is 0. The van der Waals surface area contributed by atoms with Crippen molar-refractivity contribution in [2.75, 3.05) is 0 Å². The van der Waals surface area contributed by atoms with Gasteiger partial charge in [0.2, 0.25) is 0 Å². The number of hydrogen-bond acceptors (Lipinski definition) is 2. The number of alkyl halides is 3. The van der Waals surface area contributed by atoms with E-state index in [1.165, 1.54) is 12.1 Å². The molecule has 1 N–H and O–H groups in total. The van der Waals surface area contributed by atoms with E-state index >= 15 is 0 Å². The molecule has 0 amide bonds. The molecule has 3 aromatic carbocycles. The summed E-state index contributed by atoms with van der Waals surface area (Å²) < 4.78 is 44.1. The summed E-state index contributed by atoms with van der Waals surface area (Å²) in [6, 6.07) is 19.8. The van der Waals surface area contributed by atoms with E-state index in [1.807, 2.05) is 50.2 Å². The van der Waals surface area contributed by atoms with Gasteiger partial charge >= 0.3 is 12.1 Å². The third-order valence-electron chi connectivity index (χ3n) is 5.11. The molecule has 0 atom stereocenters. The minimum Gasteiger partial charge on any atom is -0.489 e. The van der Waals surface area contributed by atoms with Crippen molar-refractivity contribution >= 4 is 5.97 Å². The van der Waals surface area contributed by atoms with Crippen LogP contribution >= 0.6 is 0 Å². The molecule has 0 radical (unpaired) electrons. The molecule has 0 saturated heterocycles. The zero-order valence-corrected chi connectivity index (χ0v) is 17.2. The fourth-order valence-electron chi connectivity index (χ4n) is 3.34. The highest BCUT2D eigenvalue weighted by Crippen LogP contribution is 2.31. The van der Waals surface area contributed by atoms with Crippen LogP contribution in [0.15, 0.2) is 72.8 Å². The van der Waals surface area contributed by atoms with Crippen molar-refractivity contribution in [2.45, 2.75) is 38.5 Å². The lowest BCUT2D eigenvalue weighted by molar-refractivity contribution is -0.138. The Morgan fingerprint density at radius 3 is 2.06 bits per heavy atom. The van der Waals surface area contributed by atoms with Crippen molar-refractivity contribution in [3.63, 3.8) is 0 Å². The van der Waals surface area contributed by atoms with Crippen molar-refractivity contribution in [3.8, 4) is 16.9 Å². The summed E-state index contributed by atoms with van der Waals surface area (Å²) in [6.07, 6.45) is -4.32. The highest BCUT2D eigenvalue weighted by Gasteiger charge is 2.30. The Balaban J connectivity index is 1.67. The zero-order valence-electron chi connectivity index (χ0n) is 17.2. The summed E-state index contributed by atoms with van der Waals surface area (Å²) in [5.74, 6) is -0.201. The van der Waals surface area contributed by atoms with E-state index in [0.717, 1.165) is 28.8 Å². The van der Waals surface area contributed by atoms with Gasteiger partial charge in [0.15, 0.2) is 0 Å². The number of rotatable bonds is 7. The van der Waals surface area contributed by atoms with E-state index in [4.69, 9.17) is 9.84 Å². The third-order valence-corrected chi connectivity index (χ3v) is 5.11. The average Bonchev–Trinajstić information content (AvgIpc) is 2.71. The molecular weight excluding hydrogens is 405 g/mol. The molecule has 0 aromatic heterocycles. The fourth-order valence-corrected chi connectivity index (χ4v) is 3.34. The maximum absolute atomic E-state index is 12.8. The first kappa shape index (κ1) is 22.4. The van der Waals surface area contributed by atoms with Gasteiger partial charge in [-0.05, 0) is 52.6 Å². The van der Waals surface area contributed by atoms with Crippen molar-refractivity contribution in [1.82, 2.24) is 0 Å². The molecule has 0 aliphatic carbocycles. The average molecular weight is 428 g/mol. The van der Waals surface area contributed by atoms with Crippen molar-refractivity contribution in [2.24, 2.45) is 0 Å². The molecule has 0 aliphatic heterocycles. The Morgan fingerprint density at radius 2 is 1.48 bits per heavy atom. The lowest BCUT2D eigenvalue weighted by Gasteiger charge is -2.23. The van der Waals surface area contributed by atoms with Crippen LogP contribution in [0.5, 0.6) is 5.75 Å². The number of halogens is 3. The lowest BCUT2D eigenvalue weighted by Crippen LogP contribution is -2.21. The topological polar surface area (TPSA) is 46.5 Å². The Bertz CT molecular complexity index is 1040. The molecule has 0 saturated carbocycles. The predicted molar refractivity (Wildman–Crippen MR) is 113 cm³/mol. The van der Waals surface area contributed by atoms with Gasteiger partial charge in [0.1, 0.15) is 12.4 Å². The van der Waals surface area contributed by atoms with Crippen LogP contribution in [0, 0.1) is 0 Å². The van der Waals surface area contributed by atoms with Crippen molar-refractivity contribution in [3.05, 3.63) is 89.5 Å². The van der Waals surface area contributed by atoms with Gasteiger partial charge in [-0.25, -0.2) is 0 Å². The van der Waals surface area contributed by atoms with Gasteiger partial charge in [0, 0.05) is 5.41 Å². The number of carboxylic acid groups (broad SMARTS) is 1. The summed E-state index contributed by atoms with van der Waals surface area (Å²) >= 11 is 0. The summed E-state index contributed by atoms with van der Waals surface area (Å²) in [5.41, 5.74) is 2.13. The van der Waals surface area contributed by atoms with Gasteiger partial charge in [-0.2, -0.15) is 13.2 Å². The minimum absolute atomic E-state index is 0.0317. The first-order valence-corrected chi connectivity index (χ1v) is 9.76. The third kappa shape index (κ3) is 5.87. The molecule has 31 heavy (non-hydrogen) atoms. The van der Waals surface area contributed by atoms with E-state index in [9.17, 15) is 18.0 Å². The molecule has 162 valence electrons. The zero-order chi connectivity index (χ0) is 22.6. The van der Waals surface area contributed by atoms with Gasteiger partial charge in [0.05, 0.1) is 12.0 Å². The van der Waals surface area contributed by atoms with Crippen molar-refractivity contribution in [1.29, 1.82) is 0 Å². The highest BCUT2D eigenvalue weighted by molar-refractivity contribution is 5.69. The number of benzene rings is 3. The summed E-state index contributed by atoms with van der Waals surface area (Å²) in [5, 5.41) is 9.05. The normalized spacial score (nSPS) is 11.9. The van der Waals surface area contributed by atoms with Crippen LogP contribution in [-0.2, 0) is 23.0 Å². The minimum atomic E-state index is -4.35. The summed E-state index contributed by atoms with van der Waals surface area (Å²) in [4.78, 5) is 11.0. The van der Waals surface area contributed by atoms with Gasteiger partial charge in [-0.1, -0.05) is 56.3 Å². The van der Waals surface area contributed by atoms with E-state index in [1.54, 1.807) is 12.1 Å². The van der Waals surface area contributed by atoms with E-state index in [2.05, 4.69) is 0 Å². The maximum atomic E-state index is 12.8. The van der Waals surface area contributed by atoms with Gasteiger partial charge in [-0.15, -0.1) is 0 Å². The van der Waals surface area contributed by atoms with Crippen LogP contribution in [0.2, 0.25) is 0 Å². The molecule has 0 unspecified atom stereocenters. The molecule has 3 nitrogen and oxygen atoms in total. The molecule has 0 aliphatic rings. The second kappa shape index (κ2) is 8.84. The highest BCUT2D eigenvalue weighted by atomic mass is 19.4. The molecule has 3 rings (SSSR count). The number of aliphatic carboxylic acids is 1. The van der Waals surface area contributed by atoms with Gasteiger partial charge in [0.25, 0.3) is 0 Å². The van der Waals surface area contributed by atoms with E-state index in [-0.39, 0.29) is 6.42 Å². The van der Waals surface area contributed by atoms with E-state index < -0.39 is 23.1 Å². The molecule has 3 aromatic rings. The van der Waals surface area contributed by atoms with E-state index in [0.29, 0.717) is 17.9 Å². The number of carbonyl (C=O) groups is 1. The Labute approximate surface area is 179 Å². The number of hydrogen-bond donors (Lipinski definition) is 1. The van der Waals surface area contributed by atoms with Crippen LogP contribution in [0.4, 0.5) is 13.2 Å². The Morgan fingerprint density at radius 1 is 0.871 bits per heavy atom. The van der Waals surface area contributed by atoms with Crippen LogP contribution in [0.1, 0.15) is 37.0 Å². The van der Waals surface area contributed by atoms with Crippen molar-refractivity contribution < 1.29 is 27.8 Å². The molecule has 0 fully saturated rings. The predicted octanol–water partition coefficient (Wildman–Crippen LogP) is 6.70. The van der Waals surface area contributed by atoms with Crippen LogP contribution < -0.4 is 4.74 Å². The second-order valence-corrected chi connectivity index (χ2v) is 8.04. The van der Waals surface area contributed by atoms with Crippen LogP contribution in [0.25, 0.3) is 11.1 Å². The number of carboxylic acids is 1. The van der Waals surface area contributed by atoms with Gasteiger partial charge < -0.3 is 9.84 Å². The first-order chi connectivity index (χ1) is 14.5. The van der Waals surface area contributed by atoms with Crippen LogP contribution in [-0.4, -0.2) is 11.1 Å². The van der Waals surface area contributed by atoms with Crippen LogP contribution in [0.3, 0.4) is 0 Å². The second-order valence-electron chi connectivity index (χ2n) is 8.04. The molecule has 0 heterocycles. The van der Waals surface area contributed by atoms with Gasteiger partial charge in [-0.3, -0.25) is 4.79 Å². The molecule has 0 spiro atoms. The smallest absolute Gasteiger partial charge is 0.416 e. The number of ether oxygens (including phenoxy) is 1. The quantitative estimate of drug-likeness (QED) is 0.455.